The van der Waals surface area contributed by atoms with E-state index in [0.29, 0.717) is 0 Å². The lowest BCUT2D eigenvalue weighted by Crippen LogP contribution is -2.16. The molecule has 22 heavy (non-hydrogen) atoms. The number of carbonyl (C=O) groups excluding carboxylic acids is 1. The molecule has 0 unspecified atom stereocenters. The minimum Gasteiger partial charge on any atom is -0.310 e. The third-order valence-electron chi connectivity index (χ3n) is 2.59. The highest BCUT2D eigenvalue weighted by Crippen LogP contribution is 2.38. The third-order valence-corrected chi connectivity index (χ3v) is 3.41. The number of nitrogens with one attached hydrogen (secondary N) is 1. The van der Waals surface area contributed by atoms with Gasteiger partial charge in [0, 0.05) is 6.07 Å². The van der Waals surface area contributed by atoms with Gasteiger partial charge in [-0.2, -0.15) is 18.3 Å². The van der Waals surface area contributed by atoms with Crippen LogP contribution in [0.2, 0.25) is 10.0 Å². The van der Waals surface area contributed by atoms with Crippen LogP contribution in [0.4, 0.5) is 19.0 Å². The van der Waals surface area contributed by atoms with E-state index >= 15 is 0 Å². The van der Waals surface area contributed by atoms with Gasteiger partial charge in [0.25, 0.3) is 0 Å². The zero-order chi connectivity index (χ0) is 16.5. The molecule has 10 heteroatoms. The van der Waals surface area contributed by atoms with Crippen LogP contribution in [0.5, 0.6) is 0 Å². The summed E-state index contributed by atoms with van der Waals surface area (Å²) in [5.41, 5.74) is -0.962. The number of amides is 1. The van der Waals surface area contributed by atoms with Gasteiger partial charge in [0.1, 0.15) is 17.4 Å². The van der Waals surface area contributed by atoms with Gasteiger partial charge in [-0.3, -0.25) is 4.79 Å². The molecule has 0 bridgehead atoms. The second-order valence-corrected chi connectivity index (χ2v) is 5.18. The number of hydrogen-bond donors (Lipinski definition) is 1. The molecule has 0 fully saturated rings. The van der Waals surface area contributed by atoms with Crippen LogP contribution in [0.25, 0.3) is 5.69 Å². The molecule has 0 aliphatic heterocycles. The molecule has 1 amide bonds. The predicted octanol–water partition coefficient (Wildman–Crippen LogP) is 4.38. The largest absolute Gasteiger partial charge is 0.416 e. The number of hydrogen-bond acceptors (Lipinski definition) is 2. The Balaban J connectivity index is 2.51. The normalized spacial score (nSPS) is 11.5. The number of halogens is 6. The first-order valence-electron chi connectivity index (χ1n) is 5.70. The van der Waals surface area contributed by atoms with Crippen LogP contribution in [-0.4, -0.2) is 21.6 Å². The first-order chi connectivity index (χ1) is 10.2. The van der Waals surface area contributed by atoms with Crippen molar-refractivity contribution in [2.75, 3.05) is 11.2 Å². The second-order valence-electron chi connectivity index (χ2n) is 4.10. The zero-order valence-electron chi connectivity index (χ0n) is 10.6. The molecule has 0 aliphatic rings. The van der Waals surface area contributed by atoms with Gasteiger partial charge in [-0.15, -0.1) is 11.6 Å². The lowest BCUT2D eigenvalue weighted by atomic mass is 10.2. The zero-order valence-corrected chi connectivity index (χ0v) is 12.9. The van der Waals surface area contributed by atoms with Crippen molar-refractivity contribution in [2.24, 2.45) is 0 Å². The van der Waals surface area contributed by atoms with E-state index in [9.17, 15) is 18.0 Å². The second kappa shape index (κ2) is 6.36. The molecule has 0 aliphatic carbocycles. The van der Waals surface area contributed by atoms with Crippen molar-refractivity contribution in [3.63, 3.8) is 0 Å². The van der Waals surface area contributed by atoms with Gasteiger partial charge < -0.3 is 5.32 Å². The maximum Gasteiger partial charge on any atom is 0.416 e. The summed E-state index contributed by atoms with van der Waals surface area (Å²) in [6, 6.07) is 2.89. The molecule has 2 rings (SSSR count). The van der Waals surface area contributed by atoms with Crippen LogP contribution in [-0.2, 0) is 11.0 Å². The summed E-state index contributed by atoms with van der Waals surface area (Å²) in [4.78, 5) is 11.3. The van der Waals surface area contributed by atoms with E-state index in [4.69, 9.17) is 34.8 Å². The number of benzene rings is 1. The molecule has 1 aromatic carbocycles. The van der Waals surface area contributed by atoms with Crippen LogP contribution < -0.4 is 5.32 Å². The van der Waals surface area contributed by atoms with Crippen LogP contribution in [0.3, 0.4) is 0 Å². The number of nitrogens with zero attached hydrogens (tertiary/aromatic N) is 2. The van der Waals surface area contributed by atoms with Gasteiger partial charge >= 0.3 is 6.18 Å². The molecule has 0 spiro atoms. The molecule has 0 radical (unpaired) electrons. The van der Waals surface area contributed by atoms with Gasteiger partial charge in [0.2, 0.25) is 5.91 Å². The van der Waals surface area contributed by atoms with Crippen molar-refractivity contribution in [1.82, 2.24) is 9.78 Å². The molecule has 1 heterocycles. The lowest BCUT2D eigenvalue weighted by Gasteiger charge is -2.14. The summed E-state index contributed by atoms with van der Waals surface area (Å²) >= 11 is 17.2. The van der Waals surface area contributed by atoms with E-state index < -0.39 is 17.6 Å². The van der Waals surface area contributed by atoms with Crippen LogP contribution in [0.1, 0.15) is 5.56 Å². The number of alkyl halides is 4. The molecular formula is C12H7Cl3F3N3O. The van der Waals surface area contributed by atoms with E-state index in [1.54, 1.807) is 0 Å². The van der Waals surface area contributed by atoms with E-state index in [2.05, 4.69) is 10.4 Å². The number of aromatic nitrogens is 2. The fourth-order valence-electron chi connectivity index (χ4n) is 1.68. The van der Waals surface area contributed by atoms with Crippen LogP contribution >= 0.6 is 34.8 Å². The maximum atomic E-state index is 12.7. The monoisotopic (exact) mass is 371 g/mol. The fraction of sp³-hybridized carbons (Fsp3) is 0.167. The highest BCUT2D eigenvalue weighted by molar-refractivity contribution is 6.38. The van der Waals surface area contributed by atoms with Gasteiger partial charge in [0.05, 0.1) is 21.8 Å². The summed E-state index contributed by atoms with van der Waals surface area (Å²) in [5, 5.41) is 5.81. The molecule has 118 valence electrons. The van der Waals surface area contributed by atoms with E-state index in [1.165, 1.54) is 12.3 Å². The highest BCUT2D eigenvalue weighted by atomic mass is 35.5. The van der Waals surface area contributed by atoms with E-state index in [0.717, 1.165) is 16.8 Å². The summed E-state index contributed by atoms with van der Waals surface area (Å²) in [7, 11) is 0. The average Bonchev–Trinajstić information content (AvgIpc) is 2.84. The van der Waals surface area contributed by atoms with Crippen molar-refractivity contribution < 1.29 is 18.0 Å². The Labute approximate surface area is 137 Å². The van der Waals surface area contributed by atoms with Gasteiger partial charge in [-0.25, -0.2) is 4.68 Å². The first-order valence-corrected chi connectivity index (χ1v) is 6.99. The molecule has 4 nitrogen and oxygen atoms in total. The minimum atomic E-state index is -4.58. The lowest BCUT2D eigenvalue weighted by molar-refractivity contribution is -0.137. The molecule has 1 aromatic heterocycles. The molecule has 1 N–H and O–H groups in total. The average molecular weight is 373 g/mol. The summed E-state index contributed by atoms with van der Waals surface area (Å²) in [5.74, 6) is -0.628. The number of anilines is 1. The summed E-state index contributed by atoms with van der Waals surface area (Å²) in [6.07, 6.45) is -3.25. The summed E-state index contributed by atoms with van der Waals surface area (Å²) < 4.78 is 39.2. The smallest absolute Gasteiger partial charge is 0.310 e. The number of rotatable bonds is 3. The fourth-order valence-corrected chi connectivity index (χ4v) is 2.40. The molecule has 0 saturated heterocycles. The molecule has 0 saturated carbocycles. The van der Waals surface area contributed by atoms with E-state index in [1.807, 2.05) is 0 Å². The van der Waals surface area contributed by atoms with E-state index in [-0.39, 0.29) is 27.4 Å². The molecular weight excluding hydrogens is 366 g/mol. The Morgan fingerprint density at radius 3 is 2.36 bits per heavy atom. The first kappa shape index (κ1) is 16.9. The van der Waals surface area contributed by atoms with Crippen LogP contribution in [0.15, 0.2) is 24.4 Å². The topological polar surface area (TPSA) is 46.9 Å². The maximum absolute atomic E-state index is 12.7. The Kier molecular flexibility index (Phi) is 4.89. The van der Waals surface area contributed by atoms with Crippen molar-refractivity contribution in [2.45, 2.75) is 6.18 Å². The number of carbonyl (C=O) groups is 1. The van der Waals surface area contributed by atoms with Crippen LogP contribution in [0, 0.1) is 0 Å². The molecule has 0 atom stereocenters. The minimum absolute atomic E-state index is 0.0196. The van der Waals surface area contributed by atoms with Crippen molar-refractivity contribution >= 4 is 46.5 Å². The van der Waals surface area contributed by atoms with Crippen molar-refractivity contribution in [1.29, 1.82) is 0 Å². The quantitative estimate of drug-likeness (QED) is 0.813. The third kappa shape index (κ3) is 3.48. The Morgan fingerprint density at radius 1 is 1.27 bits per heavy atom. The Morgan fingerprint density at radius 2 is 1.86 bits per heavy atom. The van der Waals surface area contributed by atoms with Gasteiger partial charge in [0.15, 0.2) is 0 Å². The highest BCUT2D eigenvalue weighted by Gasteiger charge is 2.32. The van der Waals surface area contributed by atoms with Crippen molar-refractivity contribution in [3.8, 4) is 5.69 Å². The molecule has 2 aromatic rings. The van der Waals surface area contributed by atoms with Crippen molar-refractivity contribution in [3.05, 3.63) is 40.0 Å². The van der Waals surface area contributed by atoms with Gasteiger partial charge in [-0.1, -0.05) is 23.2 Å². The standard InChI is InChI=1S/C12H7Cl3F3N3O/c13-5-10(22)20-9-1-2-19-21(9)11-7(14)3-6(4-8(11)15)12(16,17)18/h1-4H,5H2,(H,20,22). The Hall–Kier alpha value is -1.44. The van der Waals surface area contributed by atoms with Gasteiger partial charge in [-0.05, 0) is 12.1 Å². The Bertz CT molecular complexity index is 692. The predicted molar refractivity (Wildman–Crippen MR) is 77.9 cm³/mol. The summed E-state index contributed by atoms with van der Waals surface area (Å²) in [6.45, 7) is 0. The SMILES string of the molecule is O=C(CCl)Nc1ccnn1-c1c(Cl)cc(C(F)(F)F)cc1Cl.